The third-order valence-corrected chi connectivity index (χ3v) is 5.82. The molecule has 0 unspecified atom stereocenters. The highest BCUT2D eigenvalue weighted by molar-refractivity contribution is 5.25. The second kappa shape index (κ2) is 8.27. The van der Waals surface area contributed by atoms with Crippen molar-refractivity contribution in [3.05, 3.63) is 35.4 Å². The van der Waals surface area contributed by atoms with Crippen LogP contribution in [0.3, 0.4) is 0 Å². The van der Waals surface area contributed by atoms with Crippen LogP contribution in [0.25, 0.3) is 0 Å². The van der Waals surface area contributed by atoms with E-state index in [4.69, 9.17) is 0 Å². The first-order chi connectivity index (χ1) is 11.3. The molecule has 1 atom stereocenters. The lowest BCUT2D eigenvalue weighted by Gasteiger charge is -2.45. The number of benzene rings is 1. The third kappa shape index (κ3) is 4.34. The summed E-state index contributed by atoms with van der Waals surface area (Å²) in [6.07, 6.45) is 7.88. The average molecular weight is 316 g/mol. The van der Waals surface area contributed by atoms with Crippen LogP contribution in [0.4, 0.5) is 0 Å². The highest BCUT2D eigenvalue weighted by Gasteiger charge is 2.31. The summed E-state index contributed by atoms with van der Waals surface area (Å²) in [6.45, 7) is 6.99. The normalized spacial score (nSPS) is 24.9. The SMILES string of the molecule is Cc1ccccc1CN1CCN(C2CCCCC2)C[C@@H]1CCO. The number of piperazine rings is 1. The Hall–Kier alpha value is -0.900. The molecule has 3 nitrogen and oxygen atoms in total. The van der Waals surface area contributed by atoms with E-state index in [0.717, 1.165) is 32.1 Å². The lowest BCUT2D eigenvalue weighted by molar-refractivity contribution is 0.0221. The Bertz CT molecular complexity index is 484. The standard InChI is InChI=1S/C20H32N2O/c1-17-7-5-6-8-18(17)15-21-12-13-22(16-20(21)11-14-23)19-9-3-2-4-10-19/h5-8,19-20,23H,2-4,9-16H2,1H3/t20-/m0/s1. The highest BCUT2D eigenvalue weighted by Crippen LogP contribution is 2.26. The smallest absolute Gasteiger partial charge is 0.0446 e. The van der Waals surface area contributed by atoms with Gasteiger partial charge in [0.1, 0.15) is 0 Å². The van der Waals surface area contributed by atoms with E-state index in [1.54, 1.807) is 0 Å². The number of hydrogen-bond donors (Lipinski definition) is 1. The van der Waals surface area contributed by atoms with E-state index in [1.807, 2.05) is 0 Å². The molecule has 0 aromatic heterocycles. The fourth-order valence-corrected chi connectivity index (χ4v) is 4.33. The van der Waals surface area contributed by atoms with Gasteiger partial charge in [0.15, 0.2) is 0 Å². The lowest BCUT2D eigenvalue weighted by Crippen LogP contribution is -2.56. The minimum Gasteiger partial charge on any atom is -0.396 e. The van der Waals surface area contributed by atoms with Gasteiger partial charge in [-0.05, 0) is 37.3 Å². The Kier molecular flexibility index (Phi) is 6.09. The molecule has 2 aliphatic rings. The van der Waals surface area contributed by atoms with Gasteiger partial charge in [0.2, 0.25) is 0 Å². The quantitative estimate of drug-likeness (QED) is 0.904. The van der Waals surface area contributed by atoms with E-state index in [0.29, 0.717) is 12.6 Å². The fraction of sp³-hybridized carbons (Fsp3) is 0.700. The Morgan fingerprint density at radius 1 is 1.09 bits per heavy atom. The van der Waals surface area contributed by atoms with Crippen LogP contribution in [0.5, 0.6) is 0 Å². The number of aliphatic hydroxyl groups excluding tert-OH is 1. The predicted molar refractivity (Wildman–Crippen MR) is 95.5 cm³/mol. The van der Waals surface area contributed by atoms with Crippen LogP contribution in [0, 0.1) is 6.92 Å². The fourth-order valence-electron chi connectivity index (χ4n) is 4.33. The molecular formula is C20H32N2O. The van der Waals surface area contributed by atoms with Gasteiger partial charge in [0.05, 0.1) is 0 Å². The summed E-state index contributed by atoms with van der Waals surface area (Å²) >= 11 is 0. The van der Waals surface area contributed by atoms with Crippen molar-refractivity contribution in [2.45, 2.75) is 64.1 Å². The van der Waals surface area contributed by atoms with Gasteiger partial charge in [-0.2, -0.15) is 0 Å². The van der Waals surface area contributed by atoms with Crippen LogP contribution in [-0.2, 0) is 6.54 Å². The van der Waals surface area contributed by atoms with Crippen molar-refractivity contribution >= 4 is 0 Å². The summed E-state index contributed by atoms with van der Waals surface area (Å²) in [5, 5.41) is 9.51. The summed E-state index contributed by atoms with van der Waals surface area (Å²) in [5.41, 5.74) is 2.81. The molecule has 0 radical (unpaired) electrons. The topological polar surface area (TPSA) is 26.7 Å². The molecule has 1 saturated heterocycles. The molecule has 0 amide bonds. The number of aryl methyl sites for hydroxylation is 1. The molecule has 23 heavy (non-hydrogen) atoms. The Morgan fingerprint density at radius 3 is 2.61 bits per heavy atom. The molecule has 1 aliphatic carbocycles. The minimum atomic E-state index is 0.299. The molecule has 128 valence electrons. The van der Waals surface area contributed by atoms with Crippen molar-refractivity contribution in [2.75, 3.05) is 26.2 Å². The largest absolute Gasteiger partial charge is 0.396 e. The molecule has 1 aliphatic heterocycles. The van der Waals surface area contributed by atoms with Gasteiger partial charge in [-0.15, -0.1) is 0 Å². The molecule has 1 aromatic rings. The molecule has 1 heterocycles. The van der Waals surface area contributed by atoms with Crippen molar-refractivity contribution in [2.24, 2.45) is 0 Å². The molecule has 1 aromatic carbocycles. The maximum atomic E-state index is 9.51. The molecule has 3 heteroatoms. The van der Waals surface area contributed by atoms with E-state index in [2.05, 4.69) is 41.0 Å². The number of aliphatic hydroxyl groups is 1. The molecule has 0 bridgehead atoms. The second-order valence-corrected chi connectivity index (χ2v) is 7.35. The Morgan fingerprint density at radius 2 is 1.87 bits per heavy atom. The monoisotopic (exact) mass is 316 g/mol. The van der Waals surface area contributed by atoms with Gasteiger partial charge < -0.3 is 5.11 Å². The van der Waals surface area contributed by atoms with Gasteiger partial charge >= 0.3 is 0 Å². The maximum absolute atomic E-state index is 9.51. The average Bonchev–Trinajstić information content (AvgIpc) is 2.59. The minimum absolute atomic E-state index is 0.299. The number of hydrogen-bond acceptors (Lipinski definition) is 3. The van der Waals surface area contributed by atoms with Gasteiger partial charge in [-0.3, -0.25) is 9.80 Å². The molecule has 1 saturated carbocycles. The zero-order valence-electron chi connectivity index (χ0n) is 14.6. The van der Waals surface area contributed by atoms with Gasteiger partial charge in [-0.1, -0.05) is 43.5 Å². The number of rotatable bonds is 5. The van der Waals surface area contributed by atoms with Crippen LogP contribution in [0.1, 0.15) is 49.7 Å². The van der Waals surface area contributed by atoms with Crippen molar-refractivity contribution in [1.29, 1.82) is 0 Å². The second-order valence-electron chi connectivity index (χ2n) is 7.35. The van der Waals surface area contributed by atoms with Crippen LogP contribution >= 0.6 is 0 Å². The zero-order valence-corrected chi connectivity index (χ0v) is 14.6. The van der Waals surface area contributed by atoms with Crippen molar-refractivity contribution in [3.8, 4) is 0 Å². The molecular weight excluding hydrogens is 284 g/mol. The summed E-state index contributed by atoms with van der Waals surface area (Å²) in [6, 6.07) is 10.0. The van der Waals surface area contributed by atoms with Gasteiger partial charge in [0, 0.05) is 44.9 Å². The van der Waals surface area contributed by atoms with Crippen LogP contribution in [-0.4, -0.2) is 53.2 Å². The van der Waals surface area contributed by atoms with Crippen LogP contribution in [0.2, 0.25) is 0 Å². The molecule has 2 fully saturated rings. The Balaban J connectivity index is 1.63. The van der Waals surface area contributed by atoms with E-state index in [9.17, 15) is 5.11 Å². The first kappa shape index (κ1) is 16.9. The first-order valence-corrected chi connectivity index (χ1v) is 9.41. The van der Waals surface area contributed by atoms with Gasteiger partial charge in [0.25, 0.3) is 0 Å². The van der Waals surface area contributed by atoms with E-state index in [-0.39, 0.29) is 0 Å². The van der Waals surface area contributed by atoms with E-state index in [1.165, 1.54) is 49.8 Å². The Labute approximate surface area is 141 Å². The summed E-state index contributed by atoms with van der Waals surface area (Å²) in [7, 11) is 0. The molecule has 0 spiro atoms. The lowest BCUT2D eigenvalue weighted by atomic mass is 9.92. The van der Waals surface area contributed by atoms with E-state index >= 15 is 0 Å². The number of nitrogens with zero attached hydrogens (tertiary/aromatic N) is 2. The van der Waals surface area contributed by atoms with Crippen molar-refractivity contribution in [3.63, 3.8) is 0 Å². The molecule has 3 rings (SSSR count). The summed E-state index contributed by atoms with van der Waals surface area (Å²) < 4.78 is 0. The van der Waals surface area contributed by atoms with Crippen molar-refractivity contribution in [1.82, 2.24) is 9.80 Å². The third-order valence-electron chi connectivity index (χ3n) is 5.82. The van der Waals surface area contributed by atoms with E-state index < -0.39 is 0 Å². The predicted octanol–water partition coefficient (Wildman–Crippen LogP) is 3.20. The van der Waals surface area contributed by atoms with Gasteiger partial charge in [-0.25, -0.2) is 0 Å². The van der Waals surface area contributed by atoms with Crippen LogP contribution in [0.15, 0.2) is 24.3 Å². The first-order valence-electron chi connectivity index (χ1n) is 9.41. The zero-order chi connectivity index (χ0) is 16.1. The van der Waals surface area contributed by atoms with Crippen molar-refractivity contribution < 1.29 is 5.11 Å². The van der Waals surface area contributed by atoms with Crippen LogP contribution < -0.4 is 0 Å². The summed E-state index contributed by atoms with van der Waals surface area (Å²) in [5.74, 6) is 0. The summed E-state index contributed by atoms with van der Waals surface area (Å²) in [4.78, 5) is 5.31. The highest BCUT2D eigenvalue weighted by atomic mass is 16.3. The molecule has 1 N–H and O–H groups in total. The maximum Gasteiger partial charge on any atom is 0.0446 e.